The Kier molecular flexibility index (Phi) is 4.58. The number of hydrogen-bond donors (Lipinski definition) is 2. The molecule has 9 nitrogen and oxygen atoms in total. The molecule has 9 heteroatoms. The average molecular weight is 382 g/mol. The van der Waals surface area contributed by atoms with Crippen molar-refractivity contribution in [2.75, 3.05) is 5.01 Å². The number of amides is 2. The van der Waals surface area contributed by atoms with Gasteiger partial charge in [-0.1, -0.05) is 36.2 Å². The third kappa shape index (κ3) is 3.23. The van der Waals surface area contributed by atoms with E-state index >= 15 is 0 Å². The maximum atomic E-state index is 13.0. The van der Waals surface area contributed by atoms with Crippen LogP contribution in [0.4, 0.5) is 5.69 Å². The lowest BCUT2D eigenvalue weighted by atomic mass is 9.95. The zero-order valence-electron chi connectivity index (χ0n) is 15.6. The molecule has 0 spiro atoms. The van der Waals surface area contributed by atoms with Gasteiger partial charge in [-0.3, -0.25) is 14.6 Å². The SMILES string of the molecule is Cc1nc(C2(NC(=O)C3=NN(c4ccccc4)C(C(N)=O)C3)CCCC2)no1. The van der Waals surface area contributed by atoms with Gasteiger partial charge in [0.25, 0.3) is 5.91 Å². The maximum Gasteiger partial charge on any atom is 0.268 e. The van der Waals surface area contributed by atoms with E-state index in [1.165, 1.54) is 5.01 Å². The van der Waals surface area contributed by atoms with Gasteiger partial charge in [0.15, 0.2) is 5.82 Å². The lowest BCUT2D eigenvalue weighted by Crippen LogP contribution is -2.47. The van der Waals surface area contributed by atoms with Gasteiger partial charge in [-0.25, -0.2) is 0 Å². The minimum atomic E-state index is -0.699. The number of benzene rings is 1. The van der Waals surface area contributed by atoms with Crippen molar-refractivity contribution in [2.45, 2.75) is 50.6 Å². The molecule has 0 bridgehead atoms. The molecule has 1 saturated carbocycles. The summed E-state index contributed by atoms with van der Waals surface area (Å²) in [4.78, 5) is 29.3. The molecule has 2 amide bonds. The zero-order chi connectivity index (χ0) is 19.7. The first-order valence-electron chi connectivity index (χ1n) is 9.33. The summed E-state index contributed by atoms with van der Waals surface area (Å²) < 4.78 is 5.12. The van der Waals surface area contributed by atoms with Crippen molar-refractivity contribution < 1.29 is 14.1 Å². The number of anilines is 1. The molecule has 1 aliphatic carbocycles. The average Bonchev–Trinajstić information content (AvgIpc) is 3.41. The number of carbonyl (C=O) groups is 2. The van der Waals surface area contributed by atoms with Crippen molar-refractivity contribution >= 4 is 23.2 Å². The van der Waals surface area contributed by atoms with Gasteiger partial charge >= 0.3 is 0 Å². The predicted molar refractivity (Wildman–Crippen MR) is 101 cm³/mol. The monoisotopic (exact) mass is 382 g/mol. The Labute approximate surface area is 162 Å². The third-order valence-electron chi connectivity index (χ3n) is 5.29. The van der Waals surface area contributed by atoms with Crippen molar-refractivity contribution in [1.82, 2.24) is 15.5 Å². The van der Waals surface area contributed by atoms with E-state index in [9.17, 15) is 9.59 Å². The molecule has 2 heterocycles. The smallest absolute Gasteiger partial charge is 0.268 e. The Morgan fingerprint density at radius 1 is 1.25 bits per heavy atom. The standard InChI is InChI=1S/C19H22N6O3/c1-12-21-18(24-28-12)19(9-5-6-10-19)22-17(27)14-11-15(16(20)26)25(23-14)13-7-3-2-4-8-13/h2-4,7-8,15H,5-6,9-11H2,1H3,(H2,20,26)(H,22,27). The molecule has 146 valence electrons. The molecule has 4 rings (SSSR count). The van der Waals surface area contributed by atoms with E-state index in [-0.39, 0.29) is 18.0 Å². The van der Waals surface area contributed by atoms with Crippen molar-refractivity contribution in [1.29, 1.82) is 0 Å². The van der Waals surface area contributed by atoms with Crippen LogP contribution in [-0.4, -0.2) is 33.7 Å². The first kappa shape index (κ1) is 18.1. The third-order valence-corrected chi connectivity index (χ3v) is 5.29. The van der Waals surface area contributed by atoms with Gasteiger partial charge in [0.2, 0.25) is 11.8 Å². The number of hydrazone groups is 1. The van der Waals surface area contributed by atoms with E-state index in [0.29, 0.717) is 17.4 Å². The molecular weight excluding hydrogens is 360 g/mol. The second kappa shape index (κ2) is 7.06. The molecule has 1 aromatic carbocycles. The highest BCUT2D eigenvalue weighted by molar-refractivity contribution is 6.40. The van der Waals surface area contributed by atoms with E-state index in [1.807, 2.05) is 30.3 Å². The summed E-state index contributed by atoms with van der Waals surface area (Å²) >= 11 is 0. The van der Waals surface area contributed by atoms with Gasteiger partial charge < -0.3 is 15.6 Å². The number of hydrogen-bond acceptors (Lipinski definition) is 7. The topological polar surface area (TPSA) is 127 Å². The molecule has 1 atom stereocenters. The Morgan fingerprint density at radius 2 is 1.96 bits per heavy atom. The number of rotatable bonds is 5. The normalized spacial score (nSPS) is 20.8. The fraction of sp³-hybridized carbons (Fsp3) is 0.421. The van der Waals surface area contributed by atoms with Gasteiger partial charge in [0.05, 0.1) is 5.69 Å². The van der Waals surface area contributed by atoms with E-state index in [0.717, 1.165) is 25.7 Å². The van der Waals surface area contributed by atoms with Crippen LogP contribution in [0, 0.1) is 6.92 Å². The molecule has 0 radical (unpaired) electrons. The van der Waals surface area contributed by atoms with Crippen LogP contribution in [0.15, 0.2) is 40.0 Å². The Hall–Kier alpha value is -3.23. The molecule has 28 heavy (non-hydrogen) atoms. The number of primary amides is 1. The van der Waals surface area contributed by atoms with Crippen LogP contribution in [0.1, 0.15) is 43.8 Å². The van der Waals surface area contributed by atoms with Crippen LogP contribution < -0.4 is 16.1 Å². The van der Waals surface area contributed by atoms with Crippen LogP contribution in [0.25, 0.3) is 0 Å². The van der Waals surface area contributed by atoms with Crippen LogP contribution in [-0.2, 0) is 15.1 Å². The molecule has 1 aromatic heterocycles. The molecule has 0 saturated heterocycles. The highest BCUT2D eigenvalue weighted by Crippen LogP contribution is 2.37. The molecule has 1 fully saturated rings. The van der Waals surface area contributed by atoms with E-state index in [4.69, 9.17) is 10.3 Å². The van der Waals surface area contributed by atoms with E-state index in [1.54, 1.807) is 6.92 Å². The molecule has 1 unspecified atom stereocenters. The Balaban J connectivity index is 1.59. The quantitative estimate of drug-likeness (QED) is 0.804. The summed E-state index contributed by atoms with van der Waals surface area (Å²) in [6.45, 7) is 1.72. The lowest BCUT2D eigenvalue weighted by Gasteiger charge is -2.26. The summed E-state index contributed by atoms with van der Waals surface area (Å²) in [5.74, 6) is 0.0763. The summed E-state index contributed by atoms with van der Waals surface area (Å²) in [6.07, 6.45) is 3.53. The highest BCUT2D eigenvalue weighted by Gasteiger charge is 2.43. The minimum Gasteiger partial charge on any atom is -0.368 e. The second-order valence-electron chi connectivity index (χ2n) is 7.23. The lowest BCUT2D eigenvalue weighted by molar-refractivity contribution is -0.119. The van der Waals surface area contributed by atoms with Crippen molar-refractivity contribution in [3.8, 4) is 0 Å². The van der Waals surface area contributed by atoms with Gasteiger partial charge in [-0.2, -0.15) is 10.1 Å². The van der Waals surface area contributed by atoms with Crippen molar-refractivity contribution in [3.05, 3.63) is 42.0 Å². The number of para-hydroxylation sites is 1. The summed E-state index contributed by atoms with van der Waals surface area (Å²) in [6, 6.07) is 8.49. The van der Waals surface area contributed by atoms with Crippen LogP contribution in [0.5, 0.6) is 0 Å². The first-order valence-corrected chi connectivity index (χ1v) is 9.33. The number of aryl methyl sites for hydroxylation is 1. The summed E-state index contributed by atoms with van der Waals surface area (Å²) in [5.41, 5.74) is 5.86. The second-order valence-corrected chi connectivity index (χ2v) is 7.23. The molecule has 2 aliphatic rings. The molecule has 1 aliphatic heterocycles. The van der Waals surface area contributed by atoms with Gasteiger partial charge in [-0.05, 0) is 25.0 Å². The molecule has 3 N–H and O–H groups in total. The largest absolute Gasteiger partial charge is 0.368 e. The van der Waals surface area contributed by atoms with Crippen molar-refractivity contribution in [3.63, 3.8) is 0 Å². The summed E-state index contributed by atoms with van der Waals surface area (Å²) in [7, 11) is 0. The molecule has 2 aromatic rings. The number of nitrogens with zero attached hydrogens (tertiary/aromatic N) is 4. The van der Waals surface area contributed by atoms with Gasteiger partial charge in [0.1, 0.15) is 17.3 Å². The highest BCUT2D eigenvalue weighted by atomic mass is 16.5. The Bertz CT molecular complexity index is 917. The molecular formula is C19H22N6O3. The number of nitrogens with two attached hydrogens (primary N) is 1. The minimum absolute atomic E-state index is 0.150. The summed E-state index contributed by atoms with van der Waals surface area (Å²) in [5, 5.41) is 13.0. The number of aromatic nitrogens is 2. The van der Waals surface area contributed by atoms with Crippen molar-refractivity contribution in [2.24, 2.45) is 10.8 Å². The Morgan fingerprint density at radius 3 is 2.57 bits per heavy atom. The maximum absolute atomic E-state index is 13.0. The van der Waals surface area contributed by atoms with Crippen LogP contribution >= 0.6 is 0 Å². The zero-order valence-corrected chi connectivity index (χ0v) is 15.6. The first-order chi connectivity index (χ1) is 13.5. The van der Waals surface area contributed by atoms with Crippen LogP contribution in [0.3, 0.4) is 0 Å². The fourth-order valence-electron chi connectivity index (χ4n) is 3.85. The number of nitrogens with one attached hydrogen (secondary N) is 1. The number of carbonyl (C=O) groups excluding carboxylic acids is 2. The predicted octanol–water partition coefficient (Wildman–Crippen LogP) is 1.38. The van der Waals surface area contributed by atoms with E-state index < -0.39 is 17.5 Å². The van der Waals surface area contributed by atoms with Gasteiger partial charge in [-0.15, -0.1) is 0 Å². The van der Waals surface area contributed by atoms with E-state index in [2.05, 4.69) is 20.6 Å². The fourth-order valence-corrected chi connectivity index (χ4v) is 3.85. The van der Waals surface area contributed by atoms with Crippen LogP contribution in [0.2, 0.25) is 0 Å². The van der Waals surface area contributed by atoms with Gasteiger partial charge in [0, 0.05) is 13.3 Å².